The Morgan fingerprint density at radius 3 is 2.22 bits per heavy atom. The Hall–Kier alpha value is -4.17. The summed E-state index contributed by atoms with van der Waals surface area (Å²) in [6, 6.07) is 21.2. The number of halogens is 1. The number of nitrogens with zero attached hydrogens (tertiary/aromatic N) is 2. The lowest BCUT2D eigenvalue weighted by atomic mass is 9.81. The second-order valence-electron chi connectivity index (χ2n) is 10.6. The van der Waals surface area contributed by atoms with E-state index in [1.807, 2.05) is 25.1 Å². The average molecular weight is 611 g/mol. The van der Waals surface area contributed by atoms with Gasteiger partial charge in [-0.25, -0.2) is 9.78 Å². The van der Waals surface area contributed by atoms with Crippen LogP contribution in [-0.4, -0.2) is 35.2 Å². The number of carbonyl (C=O) groups is 4. The molecule has 3 aromatic carbocycles. The zero-order valence-electron chi connectivity index (χ0n) is 22.4. The number of rotatable bonds is 6. The Labute approximate surface area is 245 Å². The van der Waals surface area contributed by atoms with Gasteiger partial charge in [0.05, 0.1) is 34.3 Å². The zero-order chi connectivity index (χ0) is 28.7. The van der Waals surface area contributed by atoms with Crippen molar-refractivity contribution in [2.45, 2.75) is 32.6 Å². The molecule has 2 amide bonds. The van der Waals surface area contributed by atoms with Crippen LogP contribution in [0.3, 0.4) is 0 Å². The van der Waals surface area contributed by atoms with Crippen molar-refractivity contribution in [3.05, 3.63) is 94.0 Å². The number of anilines is 1. The van der Waals surface area contributed by atoms with Crippen LogP contribution in [0.4, 0.5) is 5.69 Å². The number of aromatic nitrogens is 1. The fourth-order valence-corrected chi connectivity index (χ4v) is 6.11. The van der Waals surface area contributed by atoms with Gasteiger partial charge in [-0.05, 0) is 56.2 Å². The van der Waals surface area contributed by atoms with Gasteiger partial charge in [0.25, 0.3) is 0 Å². The molecule has 2 atom stereocenters. The largest absolute Gasteiger partial charge is 0.454 e. The zero-order valence-corrected chi connectivity index (χ0v) is 24.0. The van der Waals surface area contributed by atoms with E-state index in [9.17, 15) is 19.2 Å². The molecule has 1 aliphatic carbocycles. The fraction of sp³-hybridized carbons (Fsp3) is 0.242. The molecule has 4 aromatic rings. The number of amides is 2. The van der Waals surface area contributed by atoms with Crippen LogP contribution < -0.4 is 4.90 Å². The second-order valence-corrected chi connectivity index (χ2v) is 11.6. The van der Waals surface area contributed by atoms with Crippen molar-refractivity contribution in [3.63, 3.8) is 0 Å². The van der Waals surface area contributed by atoms with Crippen molar-refractivity contribution in [1.29, 1.82) is 0 Å². The van der Waals surface area contributed by atoms with Crippen LogP contribution in [0.2, 0.25) is 0 Å². The SMILES string of the molecule is Cc1ccc(C(=O)COC(=O)c2cc(-c3ccc(N4C(=O)[C@H]5CCCC[C@@H]5C4=O)cc3)nc3ccc(Br)cc23)cc1. The molecule has 8 heteroatoms. The Bertz CT molecular complexity index is 1670. The summed E-state index contributed by atoms with van der Waals surface area (Å²) in [4.78, 5) is 58.0. The van der Waals surface area contributed by atoms with Crippen molar-refractivity contribution in [2.24, 2.45) is 11.8 Å². The van der Waals surface area contributed by atoms with Gasteiger partial charge in [-0.15, -0.1) is 0 Å². The summed E-state index contributed by atoms with van der Waals surface area (Å²) in [5.41, 5.74) is 4.14. The maximum absolute atomic E-state index is 13.3. The van der Waals surface area contributed by atoms with Gasteiger partial charge in [0.15, 0.2) is 12.4 Å². The molecule has 2 fully saturated rings. The predicted octanol–water partition coefficient (Wildman–Crippen LogP) is 6.69. The third kappa shape index (κ3) is 5.20. The second kappa shape index (κ2) is 11.0. The van der Waals surface area contributed by atoms with Gasteiger partial charge in [0.1, 0.15) is 0 Å². The Morgan fingerprint density at radius 1 is 0.902 bits per heavy atom. The van der Waals surface area contributed by atoms with E-state index < -0.39 is 5.97 Å². The molecule has 6 rings (SSSR count). The molecule has 1 aliphatic heterocycles. The van der Waals surface area contributed by atoms with Crippen LogP contribution in [0, 0.1) is 18.8 Å². The summed E-state index contributed by atoms with van der Waals surface area (Å²) in [6.45, 7) is 1.55. The highest BCUT2D eigenvalue weighted by molar-refractivity contribution is 9.10. The van der Waals surface area contributed by atoms with Crippen molar-refractivity contribution < 1.29 is 23.9 Å². The van der Waals surface area contributed by atoms with E-state index in [-0.39, 0.29) is 41.6 Å². The molecule has 1 saturated carbocycles. The molecule has 1 aromatic heterocycles. The summed E-state index contributed by atoms with van der Waals surface area (Å²) in [5, 5.41) is 0.586. The number of ether oxygens (including phenoxy) is 1. The summed E-state index contributed by atoms with van der Waals surface area (Å²) < 4.78 is 6.23. The molecule has 206 valence electrons. The van der Waals surface area contributed by atoms with Gasteiger partial charge in [-0.3, -0.25) is 19.3 Å². The summed E-state index contributed by atoms with van der Waals surface area (Å²) in [6.07, 6.45) is 3.47. The lowest BCUT2D eigenvalue weighted by molar-refractivity contribution is -0.122. The Morgan fingerprint density at radius 2 is 1.56 bits per heavy atom. The van der Waals surface area contributed by atoms with Crippen molar-refractivity contribution >= 4 is 56.1 Å². The number of benzene rings is 3. The standard InChI is InChI=1S/C33H27BrN2O5/c1-19-6-8-21(9-7-19)30(37)18-41-33(40)27-17-29(35-28-15-12-22(34)16-26(27)28)20-10-13-23(14-11-20)36-31(38)24-4-2-3-5-25(24)32(36)39/h6-17,24-25H,2-5,18H2,1H3/t24-,25-/m0/s1. The molecule has 1 saturated heterocycles. The number of imide groups is 1. The monoisotopic (exact) mass is 610 g/mol. The van der Waals surface area contributed by atoms with Crippen LogP contribution >= 0.6 is 15.9 Å². The topological polar surface area (TPSA) is 93.6 Å². The van der Waals surface area contributed by atoms with Gasteiger partial charge in [0, 0.05) is 21.0 Å². The van der Waals surface area contributed by atoms with Crippen LogP contribution in [0.15, 0.2) is 77.3 Å². The lowest BCUT2D eigenvalue weighted by Crippen LogP contribution is -2.30. The van der Waals surface area contributed by atoms with Gasteiger partial charge < -0.3 is 4.74 Å². The van der Waals surface area contributed by atoms with Crippen LogP contribution in [0.1, 0.15) is 52.0 Å². The number of carbonyl (C=O) groups excluding carboxylic acids is 4. The highest BCUT2D eigenvalue weighted by Gasteiger charge is 2.48. The molecule has 0 N–H and O–H groups in total. The molecule has 0 spiro atoms. The molecule has 0 bridgehead atoms. The molecule has 0 radical (unpaired) electrons. The van der Waals surface area contributed by atoms with Crippen molar-refractivity contribution in [1.82, 2.24) is 4.98 Å². The number of fused-ring (bicyclic) bond motifs is 2. The third-order valence-corrected chi connectivity index (χ3v) is 8.45. The quantitative estimate of drug-likeness (QED) is 0.137. The van der Waals surface area contributed by atoms with E-state index in [2.05, 4.69) is 15.9 Å². The van der Waals surface area contributed by atoms with E-state index in [4.69, 9.17) is 9.72 Å². The number of pyridine rings is 1. The minimum absolute atomic E-state index is 0.118. The molecule has 2 aliphatic rings. The minimum atomic E-state index is -0.635. The number of hydrogen-bond donors (Lipinski definition) is 0. The Kier molecular flexibility index (Phi) is 7.26. The third-order valence-electron chi connectivity index (χ3n) is 7.96. The molecular formula is C33H27BrN2O5. The molecule has 7 nitrogen and oxygen atoms in total. The van der Waals surface area contributed by atoms with E-state index in [1.165, 1.54) is 4.90 Å². The van der Waals surface area contributed by atoms with Gasteiger partial charge in [0.2, 0.25) is 11.8 Å². The maximum atomic E-state index is 13.3. The molecule has 41 heavy (non-hydrogen) atoms. The molecular weight excluding hydrogens is 584 g/mol. The lowest BCUT2D eigenvalue weighted by Gasteiger charge is -2.19. The first-order valence-corrected chi connectivity index (χ1v) is 14.4. The average Bonchev–Trinajstić information content (AvgIpc) is 3.25. The number of hydrogen-bond acceptors (Lipinski definition) is 6. The number of Topliss-reactive ketones (excluding diaryl/α,β-unsaturated/α-hetero) is 1. The number of aryl methyl sites for hydroxylation is 1. The minimum Gasteiger partial charge on any atom is -0.454 e. The number of esters is 1. The summed E-state index contributed by atoms with van der Waals surface area (Å²) in [7, 11) is 0. The normalized spacial score (nSPS) is 18.4. The van der Waals surface area contributed by atoms with E-state index in [0.717, 1.165) is 35.7 Å². The van der Waals surface area contributed by atoms with E-state index in [1.54, 1.807) is 54.6 Å². The number of ketones is 1. The van der Waals surface area contributed by atoms with Crippen LogP contribution in [-0.2, 0) is 14.3 Å². The smallest absolute Gasteiger partial charge is 0.339 e. The highest BCUT2D eigenvalue weighted by Crippen LogP contribution is 2.40. The Balaban J connectivity index is 1.28. The van der Waals surface area contributed by atoms with E-state index in [0.29, 0.717) is 33.4 Å². The van der Waals surface area contributed by atoms with E-state index >= 15 is 0 Å². The first-order valence-electron chi connectivity index (χ1n) is 13.7. The molecule has 0 unspecified atom stereocenters. The van der Waals surface area contributed by atoms with Gasteiger partial charge >= 0.3 is 5.97 Å². The first-order chi connectivity index (χ1) is 19.8. The maximum Gasteiger partial charge on any atom is 0.339 e. The van der Waals surface area contributed by atoms with Crippen molar-refractivity contribution in [3.8, 4) is 11.3 Å². The summed E-state index contributed by atoms with van der Waals surface area (Å²) >= 11 is 3.46. The first kappa shape index (κ1) is 27.0. The highest BCUT2D eigenvalue weighted by atomic mass is 79.9. The fourth-order valence-electron chi connectivity index (χ4n) is 5.74. The van der Waals surface area contributed by atoms with Crippen LogP contribution in [0.25, 0.3) is 22.2 Å². The predicted molar refractivity (Wildman–Crippen MR) is 159 cm³/mol. The van der Waals surface area contributed by atoms with Crippen molar-refractivity contribution in [2.75, 3.05) is 11.5 Å². The molecule has 2 heterocycles. The van der Waals surface area contributed by atoms with Crippen LogP contribution in [0.5, 0.6) is 0 Å². The van der Waals surface area contributed by atoms with Gasteiger partial charge in [-0.1, -0.05) is 70.7 Å². The summed E-state index contributed by atoms with van der Waals surface area (Å²) in [5.74, 6) is -1.60. The van der Waals surface area contributed by atoms with Gasteiger partial charge in [-0.2, -0.15) is 0 Å².